The molecule has 0 fully saturated rings. The first-order valence-electron chi connectivity index (χ1n) is 6.56. The molecule has 20 heavy (non-hydrogen) atoms. The summed E-state index contributed by atoms with van der Waals surface area (Å²) in [5.41, 5.74) is 10.3. The average molecular weight is 264 g/mol. The number of nitrogens with zero attached hydrogens (tertiary/aromatic N) is 2. The van der Waals surface area contributed by atoms with E-state index >= 15 is 0 Å². The monoisotopic (exact) mass is 264 g/mol. The maximum absolute atomic E-state index is 5.88. The van der Waals surface area contributed by atoms with Crippen molar-refractivity contribution in [1.29, 1.82) is 0 Å². The van der Waals surface area contributed by atoms with Crippen LogP contribution in [0.25, 0.3) is 0 Å². The van der Waals surface area contributed by atoms with Gasteiger partial charge in [-0.2, -0.15) is 0 Å². The molecule has 2 heterocycles. The van der Waals surface area contributed by atoms with E-state index in [1.54, 1.807) is 12.5 Å². The first-order chi connectivity index (χ1) is 9.90. The number of nitrogens with one attached hydrogen (secondary N) is 1. The lowest BCUT2D eigenvalue weighted by molar-refractivity contribution is 0.890. The van der Waals surface area contributed by atoms with Crippen molar-refractivity contribution in [2.75, 3.05) is 0 Å². The lowest BCUT2D eigenvalue weighted by Crippen LogP contribution is -2.09. The van der Waals surface area contributed by atoms with Crippen molar-refractivity contribution < 1.29 is 0 Å². The summed E-state index contributed by atoms with van der Waals surface area (Å²) in [6, 6.07) is 12.2. The molecular formula is C16H16N4. The predicted octanol–water partition coefficient (Wildman–Crippen LogP) is 2.44. The zero-order valence-corrected chi connectivity index (χ0v) is 11.0. The van der Waals surface area contributed by atoms with Gasteiger partial charge in [0.1, 0.15) is 0 Å². The topological polar surface area (TPSA) is 67.6 Å². The molecule has 4 heteroatoms. The second kappa shape index (κ2) is 5.67. The van der Waals surface area contributed by atoms with Crippen LogP contribution in [0.2, 0.25) is 0 Å². The minimum absolute atomic E-state index is 0.0506. The zero-order valence-electron chi connectivity index (χ0n) is 11.0. The normalized spacial score (nSPS) is 12.2. The number of pyridine rings is 1. The second-order valence-corrected chi connectivity index (χ2v) is 4.62. The third-order valence-corrected chi connectivity index (χ3v) is 3.42. The van der Waals surface area contributed by atoms with E-state index in [0.29, 0.717) is 6.54 Å². The van der Waals surface area contributed by atoms with Gasteiger partial charge in [-0.05, 0) is 22.8 Å². The number of aromatic amines is 1. The Morgan fingerprint density at radius 1 is 1.15 bits per heavy atom. The fourth-order valence-corrected chi connectivity index (χ4v) is 2.49. The molecule has 0 aliphatic rings. The summed E-state index contributed by atoms with van der Waals surface area (Å²) in [5, 5.41) is 0. The average Bonchev–Trinajstić information content (AvgIpc) is 3.03. The van der Waals surface area contributed by atoms with Gasteiger partial charge in [0.25, 0.3) is 0 Å². The van der Waals surface area contributed by atoms with E-state index in [0.717, 1.165) is 16.8 Å². The molecule has 0 radical (unpaired) electrons. The first kappa shape index (κ1) is 12.6. The summed E-state index contributed by atoms with van der Waals surface area (Å²) >= 11 is 0. The molecule has 0 bridgehead atoms. The molecule has 0 amide bonds. The molecule has 4 nitrogen and oxygen atoms in total. The van der Waals surface area contributed by atoms with E-state index in [9.17, 15) is 0 Å². The van der Waals surface area contributed by atoms with Crippen LogP contribution in [0.1, 0.15) is 28.3 Å². The van der Waals surface area contributed by atoms with E-state index in [-0.39, 0.29) is 5.92 Å². The molecule has 1 aromatic carbocycles. The third kappa shape index (κ3) is 2.33. The minimum atomic E-state index is 0.0506. The fourth-order valence-electron chi connectivity index (χ4n) is 2.49. The predicted molar refractivity (Wildman–Crippen MR) is 78.1 cm³/mol. The van der Waals surface area contributed by atoms with E-state index in [1.807, 2.05) is 30.6 Å². The maximum Gasteiger partial charge on any atom is 0.0923 e. The van der Waals surface area contributed by atoms with Gasteiger partial charge in [-0.3, -0.25) is 4.98 Å². The Bertz CT molecular complexity index is 662. The molecule has 0 aliphatic heterocycles. The molecule has 1 atom stereocenters. The molecule has 1 unspecified atom stereocenters. The Morgan fingerprint density at radius 2 is 2.05 bits per heavy atom. The highest BCUT2D eigenvalue weighted by atomic mass is 14.9. The molecule has 3 rings (SSSR count). The van der Waals surface area contributed by atoms with Gasteiger partial charge in [0.05, 0.1) is 17.9 Å². The molecule has 0 saturated carbocycles. The Morgan fingerprint density at radius 3 is 2.75 bits per heavy atom. The largest absolute Gasteiger partial charge is 0.351 e. The third-order valence-electron chi connectivity index (χ3n) is 3.42. The van der Waals surface area contributed by atoms with Crippen LogP contribution in [0.3, 0.4) is 0 Å². The van der Waals surface area contributed by atoms with Gasteiger partial charge in [-0.15, -0.1) is 0 Å². The van der Waals surface area contributed by atoms with Crippen LogP contribution in [0.5, 0.6) is 0 Å². The van der Waals surface area contributed by atoms with Crippen molar-refractivity contribution in [3.63, 3.8) is 0 Å². The van der Waals surface area contributed by atoms with Crippen LogP contribution in [0, 0.1) is 0 Å². The molecule has 0 aliphatic carbocycles. The van der Waals surface area contributed by atoms with E-state index in [2.05, 4.69) is 33.2 Å². The van der Waals surface area contributed by atoms with Gasteiger partial charge < -0.3 is 10.7 Å². The number of H-pyrrole nitrogens is 1. The van der Waals surface area contributed by atoms with Gasteiger partial charge in [0.15, 0.2) is 0 Å². The minimum Gasteiger partial charge on any atom is -0.351 e. The highest BCUT2D eigenvalue weighted by molar-refractivity contribution is 5.43. The van der Waals surface area contributed by atoms with Crippen molar-refractivity contribution in [2.24, 2.45) is 5.73 Å². The zero-order chi connectivity index (χ0) is 13.8. The quantitative estimate of drug-likeness (QED) is 0.760. The number of imidazole rings is 1. The van der Waals surface area contributed by atoms with E-state index in [4.69, 9.17) is 5.73 Å². The summed E-state index contributed by atoms with van der Waals surface area (Å²) in [6.45, 7) is 0.511. The lowest BCUT2D eigenvalue weighted by atomic mass is 9.87. The van der Waals surface area contributed by atoms with Crippen LogP contribution in [-0.2, 0) is 6.54 Å². The highest BCUT2D eigenvalue weighted by Gasteiger charge is 2.20. The standard InChI is InChI=1S/C16H16N4/c17-8-12-4-1-2-6-14(12)16(15-10-19-11-20-15)13-5-3-7-18-9-13/h1-7,9-11,16H,8,17H2,(H,19,20). The molecule has 3 aromatic rings. The van der Waals surface area contributed by atoms with Gasteiger partial charge in [-0.1, -0.05) is 30.3 Å². The summed E-state index contributed by atoms with van der Waals surface area (Å²) in [4.78, 5) is 11.7. The molecule has 100 valence electrons. The van der Waals surface area contributed by atoms with Crippen molar-refractivity contribution in [3.8, 4) is 0 Å². The number of benzene rings is 1. The summed E-state index contributed by atoms with van der Waals surface area (Å²) in [7, 11) is 0. The van der Waals surface area contributed by atoms with Crippen LogP contribution in [0.4, 0.5) is 0 Å². The highest BCUT2D eigenvalue weighted by Crippen LogP contribution is 2.31. The molecule has 3 N–H and O–H groups in total. The molecule has 0 spiro atoms. The molecular weight excluding hydrogens is 248 g/mol. The van der Waals surface area contributed by atoms with Crippen LogP contribution < -0.4 is 5.73 Å². The number of hydrogen-bond donors (Lipinski definition) is 2. The number of aromatic nitrogens is 3. The molecule has 0 saturated heterocycles. The summed E-state index contributed by atoms with van der Waals surface area (Å²) in [6.07, 6.45) is 7.28. The Balaban J connectivity index is 2.16. The summed E-state index contributed by atoms with van der Waals surface area (Å²) in [5.74, 6) is 0.0506. The number of hydrogen-bond acceptors (Lipinski definition) is 3. The van der Waals surface area contributed by atoms with Crippen molar-refractivity contribution in [2.45, 2.75) is 12.5 Å². The fraction of sp³-hybridized carbons (Fsp3) is 0.125. The van der Waals surface area contributed by atoms with Crippen molar-refractivity contribution in [1.82, 2.24) is 15.0 Å². The van der Waals surface area contributed by atoms with E-state index < -0.39 is 0 Å². The molecule has 2 aromatic heterocycles. The van der Waals surface area contributed by atoms with Crippen LogP contribution in [0.15, 0.2) is 61.3 Å². The lowest BCUT2D eigenvalue weighted by Gasteiger charge is -2.18. The van der Waals surface area contributed by atoms with Gasteiger partial charge >= 0.3 is 0 Å². The van der Waals surface area contributed by atoms with Crippen LogP contribution in [-0.4, -0.2) is 15.0 Å². The number of rotatable bonds is 4. The van der Waals surface area contributed by atoms with Crippen LogP contribution >= 0.6 is 0 Å². The van der Waals surface area contributed by atoms with Crippen molar-refractivity contribution in [3.05, 3.63) is 83.7 Å². The Labute approximate surface area is 117 Å². The van der Waals surface area contributed by atoms with Gasteiger partial charge in [-0.25, -0.2) is 4.98 Å². The Kier molecular flexibility index (Phi) is 3.56. The van der Waals surface area contributed by atoms with Gasteiger partial charge in [0, 0.05) is 25.1 Å². The van der Waals surface area contributed by atoms with Gasteiger partial charge in [0.2, 0.25) is 0 Å². The number of nitrogens with two attached hydrogens (primary N) is 1. The van der Waals surface area contributed by atoms with Crippen molar-refractivity contribution >= 4 is 0 Å². The Hall–Kier alpha value is -2.46. The van der Waals surface area contributed by atoms with E-state index in [1.165, 1.54) is 5.56 Å². The summed E-state index contributed by atoms with van der Waals surface area (Å²) < 4.78 is 0. The smallest absolute Gasteiger partial charge is 0.0923 e. The second-order valence-electron chi connectivity index (χ2n) is 4.62. The maximum atomic E-state index is 5.88. The first-order valence-corrected chi connectivity index (χ1v) is 6.56. The SMILES string of the molecule is NCc1ccccc1C(c1cccnc1)c1c[nH]cn1.